The molecule has 1 nitrogen and oxygen atoms in total. The van der Waals surface area contributed by atoms with Crippen LogP contribution in [0.5, 0.6) is 0 Å². The minimum atomic E-state index is -0.812. The lowest BCUT2D eigenvalue weighted by Crippen LogP contribution is -2.22. The zero-order valence-corrected chi connectivity index (χ0v) is 12.0. The summed E-state index contributed by atoms with van der Waals surface area (Å²) in [6.45, 7) is 6.05. The third kappa shape index (κ3) is 3.42. The third-order valence-electron chi connectivity index (χ3n) is 3.49. The van der Waals surface area contributed by atoms with Crippen molar-refractivity contribution in [3.63, 3.8) is 0 Å². The molecule has 0 heterocycles. The predicted octanol–water partition coefficient (Wildman–Crippen LogP) is 4.69. The number of benzene rings is 2. The Balaban J connectivity index is 2.10. The van der Waals surface area contributed by atoms with E-state index in [1.807, 2.05) is 13.0 Å². The normalized spacial score (nSPS) is 14.1. The van der Waals surface area contributed by atoms with Gasteiger partial charge in [0.05, 0.1) is 0 Å². The van der Waals surface area contributed by atoms with Crippen LogP contribution in [0.1, 0.15) is 42.6 Å². The molecule has 3 heteroatoms. The molecule has 0 aliphatic heterocycles. The zero-order chi connectivity index (χ0) is 14.7. The van der Waals surface area contributed by atoms with Crippen molar-refractivity contribution in [3.8, 4) is 0 Å². The monoisotopic (exact) mass is 275 g/mol. The van der Waals surface area contributed by atoms with Crippen LogP contribution in [0.2, 0.25) is 0 Å². The molecule has 0 aliphatic rings. The van der Waals surface area contributed by atoms with Crippen LogP contribution in [0.4, 0.5) is 8.78 Å². The number of hydrogen-bond acceptors (Lipinski definition) is 1. The molecule has 0 amide bonds. The summed E-state index contributed by atoms with van der Waals surface area (Å²) in [5.74, 6) is -1.62. The van der Waals surface area contributed by atoms with Crippen molar-refractivity contribution in [3.05, 3.63) is 70.8 Å². The van der Waals surface area contributed by atoms with Crippen LogP contribution in [0.3, 0.4) is 0 Å². The Hall–Kier alpha value is -1.74. The second kappa shape index (κ2) is 6.14. The van der Waals surface area contributed by atoms with Gasteiger partial charge in [-0.05, 0) is 44.0 Å². The van der Waals surface area contributed by atoms with Gasteiger partial charge in [0.1, 0.15) is 0 Å². The molecule has 0 saturated heterocycles. The highest BCUT2D eigenvalue weighted by atomic mass is 19.2. The standard InChI is InChI=1S/C17H19F2N/c1-11-5-4-6-14(9-11)12(2)20-13(3)15-7-8-16(18)17(19)10-15/h4-10,12-13,20H,1-3H3/t12-,13?/m0/s1. The zero-order valence-electron chi connectivity index (χ0n) is 12.0. The number of rotatable bonds is 4. The molecule has 2 rings (SSSR count). The van der Waals surface area contributed by atoms with Crippen molar-refractivity contribution in [1.82, 2.24) is 5.32 Å². The Labute approximate surface area is 118 Å². The van der Waals surface area contributed by atoms with Crippen LogP contribution in [-0.2, 0) is 0 Å². The van der Waals surface area contributed by atoms with E-state index in [4.69, 9.17) is 0 Å². The molecule has 0 bridgehead atoms. The Morgan fingerprint density at radius 2 is 1.50 bits per heavy atom. The van der Waals surface area contributed by atoms with Gasteiger partial charge < -0.3 is 5.32 Å². The van der Waals surface area contributed by atoms with Crippen molar-refractivity contribution in [2.24, 2.45) is 0 Å². The first-order valence-corrected chi connectivity index (χ1v) is 6.75. The average molecular weight is 275 g/mol. The van der Waals surface area contributed by atoms with Crippen molar-refractivity contribution < 1.29 is 8.78 Å². The predicted molar refractivity (Wildman–Crippen MR) is 77.5 cm³/mol. The quantitative estimate of drug-likeness (QED) is 0.854. The molecular formula is C17H19F2N. The van der Waals surface area contributed by atoms with Gasteiger partial charge in [-0.3, -0.25) is 0 Å². The first-order valence-electron chi connectivity index (χ1n) is 6.75. The number of halogens is 2. The van der Waals surface area contributed by atoms with Gasteiger partial charge in [-0.15, -0.1) is 0 Å². The van der Waals surface area contributed by atoms with Crippen LogP contribution in [0.15, 0.2) is 42.5 Å². The van der Waals surface area contributed by atoms with Gasteiger partial charge in [0.2, 0.25) is 0 Å². The fourth-order valence-electron chi connectivity index (χ4n) is 2.29. The maximum absolute atomic E-state index is 13.3. The van der Waals surface area contributed by atoms with Gasteiger partial charge in [-0.2, -0.15) is 0 Å². The Bertz CT molecular complexity index is 595. The molecule has 0 fully saturated rings. The summed E-state index contributed by atoms with van der Waals surface area (Å²) < 4.78 is 26.2. The summed E-state index contributed by atoms with van der Waals surface area (Å²) in [5, 5.41) is 3.40. The summed E-state index contributed by atoms with van der Waals surface area (Å²) in [6, 6.07) is 12.4. The average Bonchev–Trinajstić information content (AvgIpc) is 2.41. The second-order valence-electron chi connectivity index (χ2n) is 5.20. The highest BCUT2D eigenvalue weighted by molar-refractivity contribution is 5.26. The Morgan fingerprint density at radius 1 is 0.850 bits per heavy atom. The van der Waals surface area contributed by atoms with E-state index in [0.29, 0.717) is 0 Å². The SMILES string of the molecule is Cc1cccc([C@H](C)NC(C)c2ccc(F)c(F)c2)c1. The van der Waals surface area contributed by atoms with E-state index in [1.165, 1.54) is 23.3 Å². The van der Waals surface area contributed by atoms with Gasteiger partial charge in [-0.25, -0.2) is 8.78 Å². The largest absolute Gasteiger partial charge is 0.304 e. The minimum absolute atomic E-state index is 0.0550. The van der Waals surface area contributed by atoms with E-state index >= 15 is 0 Å². The van der Waals surface area contributed by atoms with E-state index in [2.05, 4.69) is 37.4 Å². The topological polar surface area (TPSA) is 12.0 Å². The number of hydrogen-bond donors (Lipinski definition) is 1. The molecule has 1 N–H and O–H groups in total. The van der Waals surface area contributed by atoms with Crippen LogP contribution in [-0.4, -0.2) is 0 Å². The van der Waals surface area contributed by atoms with Crippen molar-refractivity contribution >= 4 is 0 Å². The van der Waals surface area contributed by atoms with Gasteiger partial charge in [0, 0.05) is 12.1 Å². The molecule has 0 radical (unpaired) electrons. The summed E-state index contributed by atoms with van der Waals surface area (Å²) in [6.07, 6.45) is 0. The molecule has 0 saturated carbocycles. The maximum atomic E-state index is 13.3. The summed E-state index contributed by atoms with van der Waals surface area (Å²) in [5.41, 5.74) is 3.12. The van der Waals surface area contributed by atoms with Crippen molar-refractivity contribution in [1.29, 1.82) is 0 Å². The second-order valence-corrected chi connectivity index (χ2v) is 5.20. The van der Waals surface area contributed by atoms with Gasteiger partial charge >= 0.3 is 0 Å². The Morgan fingerprint density at radius 3 is 2.10 bits per heavy atom. The fraction of sp³-hybridized carbons (Fsp3) is 0.294. The number of nitrogens with one attached hydrogen (secondary N) is 1. The summed E-state index contributed by atoms with van der Waals surface area (Å²) >= 11 is 0. The molecule has 0 spiro atoms. The highest BCUT2D eigenvalue weighted by Gasteiger charge is 2.13. The molecule has 2 aromatic rings. The van der Waals surface area contributed by atoms with E-state index in [9.17, 15) is 8.78 Å². The molecule has 0 aromatic heterocycles. The fourth-order valence-corrected chi connectivity index (χ4v) is 2.29. The van der Waals surface area contributed by atoms with Crippen molar-refractivity contribution in [2.75, 3.05) is 0 Å². The van der Waals surface area contributed by atoms with E-state index in [-0.39, 0.29) is 12.1 Å². The van der Waals surface area contributed by atoms with Crippen LogP contribution >= 0.6 is 0 Å². The Kier molecular flexibility index (Phi) is 4.50. The lowest BCUT2D eigenvalue weighted by molar-refractivity contribution is 0.480. The van der Waals surface area contributed by atoms with Crippen molar-refractivity contribution in [2.45, 2.75) is 32.9 Å². The van der Waals surface area contributed by atoms with Gasteiger partial charge in [0.15, 0.2) is 11.6 Å². The van der Waals surface area contributed by atoms with E-state index in [0.717, 1.165) is 5.56 Å². The van der Waals surface area contributed by atoms with E-state index in [1.54, 1.807) is 6.07 Å². The summed E-state index contributed by atoms with van der Waals surface area (Å²) in [7, 11) is 0. The smallest absolute Gasteiger partial charge is 0.159 e. The molecule has 2 atom stereocenters. The lowest BCUT2D eigenvalue weighted by Gasteiger charge is -2.21. The van der Waals surface area contributed by atoms with Crippen LogP contribution in [0.25, 0.3) is 0 Å². The molecule has 0 aliphatic carbocycles. The first kappa shape index (κ1) is 14.7. The highest BCUT2D eigenvalue weighted by Crippen LogP contribution is 2.21. The van der Waals surface area contributed by atoms with Crippen LogP contribution < -0.4 is 5.32 Å². The third-order valence-corrected chi connectivity index (χ3v) is 3.49. The maximum Gasteiger partial charge on any atom is 0.159 e. The lowest BCUT2D eigenvalue weighted by atomic mass is 10.0. The van der Waals surface area contributed by atoms with Crippen LogP contribution in [0, 0.1) is 18.6 Å². The molecule has 20 heavy (non-hydrogen) atoms. The number of aryl methyl sites for hydroxylation is 1. The van der Waals surface area contributed by atoms with E-state index < -0.39 is 11.6 Å². The van der Waals surface area contributed by atoms with Gasteiger partial charge in [-0.1, -0.05) is 35.9 Å². The molecule has 106 valence electrons. The summed E-state index contributed by atoms with van der Waals surface area (Å²) in [4.78, 5) is 0. The molecule has 2 aromatic carbocycles. The minimum Gasteiger partial charge on any atom is -0.304 e. The van der Waals surface area contributed by atoms with Gasteiger partial charge in [0.25, 0.3) is 0 Å². The molecular weight excluding hydrogens is 256 g/mol. The molecule has 1 unspecified atom stereocenters. The first-order chi connectivity index (χ1) is 9.47.